The summed E-state index contributed by atoms with van der Waals surface area (Å²) in [5, 5.41) is 13.8. The number of unbranched alkanes of at least 4 members (excludes halogenated alkanes) is 1. The quantitative estimate of drug-likeness (QED) is 0.0341. The smallest absolute Gasteiger partial charge is 0.407 e. The summed E-state index contributed by atoms with van der Waals surface area (Å²) in [7, 11) is -9.59. The zero-order valence-corrected chi connectivity index (χ0v) is 37.8. The van der Waals surface area contributed by atoms with Crippen molar-refractivity contribution < 1.29 is 45.2 Å². The van der Waals surface area contributed by atoms with Gasteiger partial charge in [0.1, 0.15) is 47.2 Å². The van der Waals surface area contributed by atoms with Crippen LogP contribution in [0.15, 0.2) is 117 Å². The maximum absolute atomic E-state index is 14.3. The van der Waals surface area contributed by atoms with Gasteiger partial charge in [-0.25, -0.2) is 35.7 Å². The van der Waals surface area contributed by atoms with Crippen molar-refractivity contribution in [3.63, 3.8) is 0 Å². The lowest BCUT2D eigenvalue weighted by Gasteiger charge is -2.23. The number of benzene rings is 5. The number of sulfonamides is 1. The Bertz CT molecular complexity index is 2930. The summed E-state index contributed by atoms with van der Waals surface area (Å²) in [6, 6.07) is 29.0. The SMILES string of the molecule is CCN(CC)c1ccc2c(-c3ccc(S(=O)(=O)[O-])cc3S(=O)(=O)NCCCCC(NC(=O)OCC3c4ccccc4-c4ccccc43)C(=O)O)c3ccc(=[N+](CC)CC)cc-3oc2c1. The van der Waals surface area contributed by atoms with Crippen LogP contribution < -0.4 is 24.9 Å². The number of ether oxygens (including phenoxy) is 1. The lowest BCUT2D eigenvalue weighted by atomic mass is 9.93. The number of carbonyl (C=O) groups is 2. The van der Waals surface area contributed by atoms with Gasteiger partial charge in [-0.15, -0.1) is 0 Å². The number of hydrogen-bond donors (Lipinski definition) is 3. The number of nitrogens with zero attached hydrogens (tertiary/aromatic N) is 2. The Hall–Kier alpha value is -6.07. The zero-order chi connectivity index (χ0) is 45.8. The monoisotopic (exact) mass is 908 g/mol. The molecule has 4 aromatic rings. The second-order valence-corrected chi connectivity index (χ2v) is 18.7. The molecule has 0 bridgehead atoms. The van der Waals surface area contributed by atoms with Crippen molar-refractivity contribution in [1.82, 2.24) is 14.6 Å². The molecule has 14 nitrogen and oxygen atoms in total. The van der Waals surface area contributed by atoms with Crippen molar-refractivity contribution in [2.24, 2.45) is 0 Å². The van der Waals surface area contributed by atoms with Crippen LogP contribution in [0.5, 0.6) is 0 Å². The van der Waals surface area contributed by atoms with Crippen molar-refractivity contribution in [3.05, 3.63) is 120 Å². The van der Waals surface area contributed by atoms with Gasteiger partial charge in [-0.05, 0) is 99.5 Å². The van der Waals surface area contributed by atoms with Gasteiger partial charge in [0.25, 0.3) is 0 Å². The van der Waals surface area contributed by atoms with Crippen molar-refractivity contribution >= 4 is 48.9 Å². The largest absolute Gasteiger partial charge is 0.744 e. The molecule has 336 valence electrons. The number of nitrogens with one attached hydrogen (secondary N) is 2. The Morgan fingerprint density at radius 1 is 0.812 bits per heavy atom. The van der Waals surface area contributed by atoms with E-state index in [-0.39, 0.29) is 43.9 Å². The van der Waals surface area contributed by atoms with E-state index in [1.54, 1.807) is 0 Å². The molecule has 0 fully saturated rings. The van der Waals surface area contributed by atoms with Gasteiger partial charge in [0, 0.05) is 65.4 Å². The fourth-order valence-electron chi connectivity index (χ4n) is 8.61. The summed E-state index contributed by atoms with van der Waals surface area (Å²) in [5.41, 5.74) is 6.68. The van der Waals surface area contributed by atoms with E-state index in [0.29, 0.717) is 27.9 Å². The van der Waals surface area contributed by atoms with E-state index in [4.69, 9.17) is 9.15 Å². The first-order chi connectivity index (χ1) is 30.7. The van der Waals surface area contributed by atoms with Crippen LogP contribution in [0.2, 0.25) is 0 Å². The van der Waals surface area contributed by atoms with Gasteiger partial charge in [0.05, 0.1) is 15.9 Å². The standard InChI is InChI=1S/C48H52N4O10S2/c1-5-51(6-2)31-20-23-38-43(27-31)62-44-28-32(52(7-3)8-4)21-24-39(44)46(38)40-25-22-33(64(58,59)60)29-45(40)63(56,57)49-26-14-13-19-42(47(53)54)50-48(55)61-30-41-36-17-11-9-15-34(36)35-16-10-12-18-37(35)41/h9-12,15-18,20-25,27-29,41-42,49H,5-8,13-14,19,26,30H2,1-4H3,(H2-,50,53,54,55,58,59,60). The van der Waals surface area contributed by atoms with Gasteiger partial charge in [-0.2, -0.15) is 0 Å². The molecule has 0 spiro atoms. The van der Waals surface area contributed by atoms with E-state index in [9.17, 15) is 36.1 Å². The highest BCUT2D eigenvalue weighted by Gasteiger charge is 2.31. The number of carboxylic acids is 1. The summed E-state index contributed by atoms with van der Waals surface area (Å²) in [6.45, 7) is 10.9. The van der Waals surface area contributed by atoms with Crippen LogP contribution in [0.3, 0.4) is 0 Å². The third-order valence-electron chi connectivity index (χ3n) is 11.9. The maximum Gasteiger partial charge on any atom is 0.407 e. The second kappa shape index (κ2) is 19.4. The Labute approximate surface area is 373 Å². The molecule has 1 aliphatic heterocycles. The van der Waals surface area contributed by atoms with Gasteiger partial charge in [-0.1, -0.05) is 54.6 Å². The highest BCUT2D eigenvalue weighted by atomic mass is 32.2. The predicted molar refractivity (Wildman–Crippen MR) is 245 cm³/mol. The Morgan fingerprint density at radius 3 is 2.09 bits per heavy atom. The predicted octanol–water partition coefficient (Wildman–Crippen LogP) is 7.21. The summed E-state index contributed by atoms with van der Waals surface area (Å²) in [6.07, 6.45) is -0.586. The van der Waals surface area contributed by atoms with Crippen molar-refractivity contribution in [3.8, 4) is 33.6 Å². The third kappa shape index (κ3) is 9.55. The minimum atomic E-state index is -5.08. The van der Waals surface area contributed by atoms with E-state index >= 15 is 0 Å². The first-order valence-corrected chi connectivity index (χ1v) is 24.4. The minimum Gasteiger partial charge on any atom is -0.744 e. The van der Waals surface area contributed by atoms with E-state index in [2.05, 4.69) is 19.5 Å². The number of fused-ring (bicyclic) bond motifs is 5. The molecule has 0 saturated heterocycles. The Kier molecular flexibility index (Phi) is 13.9. The molecule has 4 aromatic carbocycles. The van der Waals surface area contributed by atoms with Crippen molar-refractivity contribution in [2.75, 3.05) is 44.2 Å². The number of rotatable bonds is 18. The molecule has 3 N–H and O–H groups in total. The van der Waals surface area contributed by atoms with Gasteiger partial charge < -0.3 is 29.0 Å². The molecule has 16 heteroatoms. The minimum absolute atomic E-state index is 0.00284. The van der Waals surface area contributed by atoms with Crippen LogP contribution in [0.4, 0.5) is 10.5 Å². The molecule has 7 rings (SSSR count). The average molecular weight is 909 g/mol. The van der Waals surface area contributed by atoms with E-state index < -0.39 is 48.0 Å². The van der Waals surface area contributed by atoms with Crippen LogP contribution in [-0.2, 0) is 29.7 Å². The Balaban J connectivity index is 1.12. The molecule has 1 heterocycles. The van der Waals surface area contributed by atoms with E-state index in [0.717, 1.165) is 71.6 Å². The molecule has 2 aliphatic carbocycles. The number of aliphatic carboxylic acids is 1. The van der Waals surface area contributed by atoms with Crippen LogP contribution in [0, 0.1) is 0 Å². The maximum atomic E-state index is 14.3. The molecular formula is C48H52N4O10S2. The number of anilines is 1. The summed E-state index contributed by atoms with van der Waals surface area (Å²) >= 11 is 0. The summed E-state index contributed by atoms with van der Waals surface area (Å²) < 4.78 is 82.3. The topological polar surface area (TPSA) is 198 Å². The lowest BCUT2D eigenvalue weighted by molar-refractivity contribution is -0.139. The van der Waals surface area contributed by atoms with Crippen LogP contribution in [-0.4, -0.2) is 83.9 Å². The van der Waals surface area contributed by atoms with E-state index in [1.165, 1.54) is 6.07 Å². The second-order valence-electron chi connectivity index (χ2n) is 15.5. The number of carbonyl (C=O) groups excluding carboxylic acids is 1. The van der Waals surface area contributed by atoms with Crippen molar-refractivity contribution in [2.45, 2.75) is 68.7 Å². The molecule has 0 radical (unpaired) electrons. The molecule has 0 aromatic heterocycles. The highest BCUT2D eigenvalue weighted by molar-refractivity contribution is 7.89. The number of alkyl carbamates (subject to hydrolysis) is 1. The molecule has 1 amide bonds. The fraction of sp³-hybridized carbons (Fsp3) is 0.312. The summed E-state index contributed by atoms with van der Waals surface area (Å²) in [4.78, 5) is 26.1. The fourth-order valence-corrected chi connectivity index (χ4v) is 10.5. The number of carboxylic acid groups (broad SMARTS) is 1. The van der Waals surface area contributed by atoms with Gasteiger partial charge >= 0.3 is 12.1 Å². The van der Waals surface area contributed by atoms with Gasteiger partial charge in [-0.3, -0.25) is 0 Å². The van der Waals surface area contributed by atoms with Crippen LogP contribution >= 0.6 is 0 Å². The molecular weight excluding hydrogens is 857 g/mol. The third-order valence-corrected chi connectivity index (χ3v) is 14.2. The molecule has 64 heavy (non-hydrogen) atoms. The molecule has 1 atom stereocenters. The normalized spacial score (nSPS) is 13.1. The zero-order valence-electron chi connectivity index (χ0n) is 36.2. The van der Waals surface area contributed by atoms with Crippen LogP contribution in [0.25, 0.3) is 44.5 Å². The van der Waals surface area contributed by atoms with Gasteiger partial charge in [0.15, 0.2) is 0 Å². The molecule has 1 unspecified atom stereocenters. The van der Waals surface area contributed by atoms with E-state index in [1.807, 2.05) is 113 Å². The Morgan fingerprint density at radius 2 is 1.47 bits per heavy atom. The lowest BCUT2D eigenvalue weighted by Crippen LogP contribution is -2.41. The first-order valence-electron chi connectivity index (χ1n) is 21.5. The molecule has 0 saturated carbocycles. The highest BCUT2D eigenvalue weighted by Crippen LogP contribution is 2.45. The molecule has 3 aliphatic rings. The number of amides is 1. The number of hydrogen-bond acceptors (Lipinski definition) is 10. The summed E-state index contributed by atoms with van der Waals surface area (Å²) in [5.74, 6) is -1.02. The van der Waals surface area contributed by atoms with Gasteiger partial charge in [0.2, 0.25) is 15.4 Å². The first kappa shape index (κ1) is 45.9. The average Bonchev–Trinajstić information content (AvgIpc) is 3.60. The van der Waals surface area contributed by atoms with Crippen molar-refractivity contribution in [1.29, 1.82) is 0 Å². The van der Waals surface area contributed by atoms with Crippen LogP contribution in [0.1, 0.15) is 64.0 Å².